The highest BCUT2D eigenvalue weighted by Gasteiger charge is 2.18. The van der Waals surface area contributed by atoms with Crippen LogP contribution in [0.3, 0.4) is 0 Å². The van der Waals surface area contributed by atoms with Gasteiger partial charge in [-0.2, -0.15) is 8.42 Å². The van der Waals surface area contributed by atoms with Gasteiger partial charge < -0.3 is 9.29 Å². The highest BCUT2D eigenvalue weighted by atomic mass is 32.2. The Morgan fingerprint density at radius 2 is 1.74 bits per heavy atom. The summed E-state index contributed by atoms with van der Waals surface area (Å²) < 4.78 is 27.5. The van der Waals surface area contributed by atoms with Gasteiger partial charge in [-0.25, -0.2) is 9.59 Å². The third kappa shape index (κ3) is 4.40. The topological polar surface area (TPSA) is 97.7 Å². The standard InChI is InChI=1S/C12H10O6S/c1-2-9-3-5-10(6-4-9)19(16,17)18-12(15)8-7-11(13)14/h2-8H,1H2,(H,13,14). The van der Waals surface area contributed by atoms with Crippen LogP contribution in [0.25, 0.3) is 6.08 Å². The minimum Gasteiger partial charge on any atom is -0.478 e. The number of aliphatic carboxylic acids is 1. The molecule has 0 fully saturated rings. The molecule has 0 aliphatic heterocycles. The van der Waals surface area contributed by atoms with Crippen molar-refractivity contribution in [2.24, 2.45) is 0 Å². The molecule has 0 aromatic heterocycles. The van der Waals surface area contributed by atoms with Crippen molar-refractivity contribution in [3.63, 3.8) is 0 Å². The maximum Gasteiger partial charge on any atom is 0.347 e. The highest BCUT2D eigenvalue weighted by molar-refractivity contribution is 7.87. The zero-order chi connectivity index (χ0) is 14.5. The van der Waals surface area contributed by atoms with E-state index in [2.05, 4.69) is 10.8 Å². The minimum absolute atomic E-state index is 0.213. The molecule has 0 saturated carbocycles. The lowest BCUT2D eigenvalue weighted by Crippen LogP contribution is -2.11. The molecule has 0 amide bonds. The first-order valence-corrected chi connectivity index (χ1v) is 6.38. The molecule has 19 heavy (non-hydrogen) atoms. The molecule has 1 rings (SSSR count). The number of carboxylic acids is 1. The molecule has 1 N–H and O–H groups in total. The Labute approximate surface area is 109 Å². The smallest absolute Gasteiger partial charge is 0.347 e. The van der Waals surface area contributed by atoms with Gasteiger partial charge in [-0.3, -0.25) is 0 Å². The zero-order valence-electron chi connectivity index (χ0n) is 9.65. The van der Waals surface area contributed by atoms with Gasteiger partial charge in [0.1, 0.15) is 4.90 Å². The molecule has 6 nitrogen and oxygen atoms in total. The van der Waals surface area contributed by atoms with Crippen LogP contribution in [0.15, 0.2) is 47.9 Å². The highest BCUT2D eigenvalue weighted by Crippen LogP contribution is 2.14. The molecule has 0 atom stereocenters. The summed E-state index contributed by atoms with van der Waals surface area (Å²) in [6.07, 6.45) is 2.52. The molecule has 0 aliphatic carbocycles. The van der Waals surface area contributed by atoms with Crippen LogP contribution in [-0.4, -0.2) is 25.5 Å². The van der Waals surface area contributed by atoms with Crippen LogP contribution in [0, 0.1) is 0 Å². The van der Waals surface area contributed by atoms with E-state index in [9.17, 15) is 18.0 Å². The summed E-state index contributed by atoms with van der Waals surface area (Å²) in [5.74, 6) is -2.67. The second-order valence-electron chi connectivity index (χ2n) is 3.30. The number of carboxylic acid groups (broad SMARTS) is 1. The van der Waals surface area contributed by atoms with Gasteiger partial charge in [0.25, 0.3) is 0 Å². The Hall–Kier alpha value is -2.41. The molecule has 0 unspecified atom stereocenters. The van der Waals surface area contributed by atoms with Crippen molar-refractivity contribution in [1.82, 2.24) is 0 Å². The quantitative estimate of drug-likeness (QED) is 0.643. The Balaban J connectivity index is 2.88. The van der Waals surface area contributed by atoms with Gasteiger partial charge in [-0.05, 0) is 17.7 Å². The monoisotopic (exact) mass is 282 g/mol. The largest absolute Gasteiger partial charge is 0.478 e. The first kappa shape index (κ1) is 14.7. The summed E-state index contributed by atoms with van der Waals surface area (Å²) in [6, 6.07) is 5.47. The average Bonchev–Trinajstić information content (AvgIpc) is 2.36. The fourth-order valence-corrected chi connectivity index (χ4v) is 1.93. The molecule has 7 heteroatoms. The second-order valence-corrected chi connectivity index (χ2v) is 4.85. The fraction of sp³-hybridized carbons (Fsp3) is 0. The number of carbonyl (C=O) groups is 2. The SMILES string of the molecule is C=Cc1ccc(S(=O)(=O)OC(=O)C=CC(=O)O)cc1. The van der Waals surface area contributed by atoms with Crippen LogP contribution in [0.1, 0.15) is 5.56 Å². The molecule has 0 aliphatic rings. The van der Waals surface area contributed by atoms with Crippen molar-refractivity contribution >= 4 is 28.1 Å². The normalized spacial score (nSPS) is 11.2. The number of benzene rings is 1. The van der Waals surface area contributed by atoms with Crippen molar-refractivity contribution in [1.29, 1.82) is 0 Å². The van der Waals surface area contributed by atoms with E-state index in [1.165, 1.54) is 30.3 Å². The third-order valence-corrected chi connectivity index (χ3v) is 3.19. The molecular formula is C12H10O6S. The fourth-order valence-electron chi connectivity index (χ4n) is 1.09. The van der Waals surface area contributed by atoms with Gasteiger partial charge in [0.15, 0.2) is 0 Å². The predicted octanol–water partition coefficient (Wildman–Crippen LogP) is 1.20. The molecule has 1 aromatic rings. The number of rotatable bonds is 5. The number of carbonyl (C=O) groups excluding carboxylic acids is 1. The summed E-state index contributed by atoms with van der Waals surface area (Å²) in [6.45, 7) is 3.51. The van der Waals surface area contributed by atoms with Crippen LogP contribution in [0.4, 0.5) is 0 Å². The van der Waals surface area contributed by atoms with Crippen molar-refractivity contribution in [3.8, 4) is 0 Å². The summed E-state index contributed by atoms with van der Waals surface area (Å²) >= 11 is 0. The summed E-state index contributed by atoms with van der Waals surface area (Å²) in [7, 11) is -4.26. The number of hydrogen-bond acceptors (Lipinski definition) is 5. The van der Waals surface area contributed by atoms with E-state index in [-0.39, 0.29) is 4.90 Å². The van der Waals surface area contributed by atoms with Gasteiger partial charge in [-0.15, -0.1) is 0 Å². The summed E-state index contributed by atoms with van der Waals surface area (Å²) in [5, 5.41) is 8.28. The van der Waals surface area contributed by atoms with Crippen LogP contribution in [0.2, 0.25) is 0 Å². The van der Waals surface area contributed by atoms with E-state index < -0.39 is 22.1 Å². The Morgan fingerprint density at radius 1 is 1.16 bits per heavy atom. The first-order chi connectivity index (χ1) is 8.85. The third-order valence-electron chi connectivity index (χ3n) is 1.96. The average molecular weight is 282 g/mol. The van der Waals surface area contributed by atoms with Gasteiger partial charge in [-0.1, -0.05) is 24.8 Å². The molecule has 0 spiro atoms. The van der Waals surface area contributed by atoms with Crippen molar-refractivity contribution in [2.45, 2.75) is 4.90 Å². The Bertz CT molecular complexity index is 625. The van der Waals surface area contributed by atoms with Crippen LogP contribution in [0.5, 0.6) is 0 Å². The maximum atomic E-state index is 11.6. The first-order valence-electron chi connectivity index (χ1n) is 4.97. The Morgan fingerprint density at radius 3 is 2.21 bits per heavy atom. The molecule has 1 aromatic carbocycles. The molecule has 100 valence electrons. The van der Waals surface area contributed by atoms with E-state index in [0.717, 1.165) is 0 Å². The van der Waals surface area contributed by atoms with E-state index in [4.69, 9.17) is 5.11 Å². The molecule has 0 heterocycles. The van der Waals surface area contributed by atoms with Crippen molar-refractivity contribution in [2.75, 3.05) is 0 Å². The van der Waals surface area contributed by atoms with E-state index >= 15 is 0 Å². The molecule has 0 bridgehead atoms. The van der Waals surface area contributed by atoms with Gasteiger partial charge in [0, 0.05) is 12.2 Å². The molecule has 0 radical (unpaired) electrons. The zero-order valence-corrected chi connectivity index (χ0v) is 10.5. The van der Waals surface area contributed by atoms with Crippen LogP contribution in [-0.2, 0) is 23.9 Å². The maximum absolute atomic E-state index is 11.6. The second kappa shape index (κ2) is 5.96. The van der Waals surface area contributed by atoms with E-state index in [1.807, 2.05) is 0 Å². The lowest BCUT2D eigenvalue weighted by molar-refractivity contribution is -0.133. The van der Waals surface area contributed by atoms with Crippen LogP contribution >= 0.6 is 0 Å². The molecule has 0 saturated heterocycles. The Kier molecular flexibility index (Phi) is 4.60. The van der Waals surface area contributed by atoms with E-state index in [0.29, 0.717) is 17.7 Å². The van der Waals surface area contributed by atoms with E-state index in [1.54, 1.807) is 0 Å². The van der Waals surface area contributed by atoms with Gasteiger partial charge >= 0.3 is 22.1 Å². The van der Waals surface area contributed by atoms with Gasteiger partial charge in [0.2, 0.25) is 0 Å². The number of hydrogen-bond donors (Lipinski definition) is 1. The lowest BCUT2D eigenvalue weighted by Gasteiger charge is -2.03. The predicted molar refractivity (Wildman–Crippen MR) is 66.6 cm³/mol. The minimum atomic E-state index is -4.26. The summed E-state index contributed by atoms with van der Waals surface area (Å²) in [4.78, 5) is 21.0. The summed E-state index contributed by atoms with van der Waals surface area (Å²) in [5.41, 5.74) is 0.705. The van der Waals surface area contributed by atoms with Crippen molar-refractivity contribution < 1.29 is 27.3 Å². The molecular weight excluding hydrogens is 272 g/mol. The van der Waals surface area contributed by atoms with Crippen LogP contribution < -0.4 is 0 Å². The lowest BCUT2D eigenvalue weighted by atomic mass is 10.2. The van der Waals surface area contributed by atoms with Gasteiger partial charge in [0.05, 0.1) is 0 Å². The van der Waals surface area contributed by atoms with Crippen molar-refractivity contribution in [3.05, 3.63) is 48.6 Å².